The number of hydrogen-bond acceptors (Lipinski definition) is 6. The lowest BCUT2D eigenvalue weighted by Crippen LogP contribution is -2.12. The van der Waals surface area contributed by atoms with Crippen LogP contribution in [0.3, 0.4) is 0 Å². The summed E-state index contributed by atoms with van der Waals surface area (Å²) in [5, 5.41) is 16.7. The second-order valence-electron chi connectivity index (χ2n) is 6.65. The van der Waals surface area contributed by atoms with Crippen molar-refractivity contribution in [1.29, 1.82) is 0 Å². The predicted molar refractivity (Wildman–Crippen MR) is 102 cm³/mol. The first-order valence-corrected chi connectivity index (χ1v) is 9.28. The van der Waals surface area contributed by atoms with Gasteiger partial charge < -0.3 is 14.5 Å². The number of nitrogens with one attached hydrogen (secondary N) is 1. The molecule has 0 aliphatic heterocycles. The van der Waals surface area contributed by atoms with Crippen LogP contribution >= 0.6 is 0 Å². The van der Waals surface area contributed by atoms with Crippen LogP contribution < -0.4 is 10.1 Å². The van der Waals surface area contributed by atoms with Crippen LogP contribution in [0.4, 0.5) is 37.7 Å². The van der Waals surface area contributed by atoms with Crippen LogP contribution in [0, 0.1) is 10.1 Å². The van der Waals surface area contributed by atoms with E-state index in [1.54, 1.807) is 0 Å². The van der Waals surface area contributed by atoms with Crippen molar-refractivity contribution in [2.45, 2.75) is 25.8 Å². The lowest BCUT2D eigenvalue weighted by atomic mass is 10.2. The number of aromatic nitrogens is 2. The summed E-state index contributed by atoms with van der Waals surface area (Å²) >= 11 is 0. The highest BCUT2D eigenvalue weighted by Gasteiger charge is 2.22. The molecule has 0 radical (unpaired) electrons. The molecule has 0 aliphatic rings. The minimum absolute atomic E-state index is 0.0732. The van der Waals surface area contributed by atoms with Gasteiger partial charge in [0.25, 0.3) is 30.9 Å². The standard InChI is InChI=1S/C19H14F6N4O5/c20-16(21)8-33-12-4-9(3-10(5-12)29(31)32)26-19(30)15-2-1-11(34-15)7-28-14(18(24)25)6-13(27-28)17(22)23/h1-6,16-18H,7-8H2,(H,26,30). The number of ether oxygens (including phenoxy) is 1. The van der Waals surface area contributed by atoms with Crippen molar-refractivity contribution < 1.29 is 45.2 Å². The molecule has 3 aromatic rings. The fourth-order valence-electron chi connectivity index (χ4n) is 2.79. The topological polar surface area (TPSA) is 112 Å². The Bertz CT molecular complexity index is 1180. The number of nitrogens with zero attached hydrogens (tertiary/aromatic N) is 3. The number of amides is 1. The largest absolute Gasteiger partial charge is 0.487 e. The summed E-state index contributed by atoms with van der Waals surface area (Å²) in [4.78, 5) is 22.7. The number of benzene rings is 1. The minimum Gasteiger partial charge on any atom is -0.487 e. The molecule has 2 aromatic heterocycles. The second kappa shape index (κ2) is 10.3. The fraction of sp³-hybridized carbons (Fsp3) is 0.263. The number of rotatable bonds is 10. The van der Waals surface area contributed by atoms with Crippen LogP contribution in [-0.2, 0) is 6.54 Å². The van der Waals surface area contributed by atoms with E-state index in [-0.39, 0.29) is 23.0 Å². The third-order valence-electron chi connectivity index (χ3n) is 4.20. The van der Waals surface area contributed by atoms with E-state index < -0.39 is 60.3 Å². The van der Waals surface area contributed by atoms with Gasteiger partial charge in [-0.15, -0.1) is 0 Å². The Labute approximate surface area is 186 Å². The van der Waals surface area contributed by atoms with Gasteiger partial charge in [0.05, 0.1) is 23.2 Å². The first kappa shape index (κ1) is 24.6. The molecule has 0 atom stereocenters. The smallest absolute Gasteiger partial charge is 0.291 e. The zero-order valence-corrected chi connectivity index (χ0v) is 16.8. The molecule has 1 amide bonds. The molecule has 0 bridgehead atoms. The van der Waals surface area contributed by atoms with Gasteiger partial charge in [0.15, 0.2) is 5.76 Å². The van der Waals surface area contributed by atoms with E-state index in [2.05, 4.69) is 10.4 Å². The van der Waals surface area contributed by atoms with Gasteiger partial charge in [-0.25, -0.2) is 26.3 Å². The number of furan rings is 1. The number of non-ortho nitro benzene ring substituents is 1. The van der Waals surface area contributed by atoms with E-state index in [0.717, 1.165) is 24.3 Å². The predicted octanol–water partition coefficient (Wildman–Crippen LogP) is 5.20. The molecule has 9 nitrogen and oxygen atoms in total. The number of halogens is 6. The Morgan fingerprint density at radius 2 is 1.85 bits per heavy atom. The van der Waals surface area contributed by atoms with Crippen LogP contribution in [0.1, 0.15) is 40.6 Å². The van der Waals surface area contributed by atoms with Crippen LogP contribution in [0.5, 0.6) is 5.75 Å². The Hall–Kier alpha value is -4.04. The molecule has 182 valence electrons. The Kier molecular flexibility index (Phi) is 7.43. The van der Waals surface area contributed by atoms with Gasteiger partial charge in [-0.05, 0) is 18.2 Å². The highest BCUT2D eigenvalue weighted by molar-refractivity contribution is 6.02. The van der Waals surface area contributed by atoms with Gasteiger partial charge in [0.2, 0.25) is 0 Å². The van der Waals surface area contributed by atoms with Gasteiger partial charge in [0.1, 0.15) is 29.5 Å². The Balaban J connectivity index is 1.77. The van der Waals surface area contributed by atoms with Crippen molar-refractivity contribution in [3.05, 3.63) is 69.4 Å². The monoisotopic (exact) mass is 492 g/mol. The number of nitro benzene ring substituents is 1. The highest BCUT2D eigenvalue weighted by Crippen LogP contribution is 2.28. The molecule has 15 heteroatoms. The Morgan fingerprint density at radius 1 is 1.12 bits per heavy atom. The minimum atomic E-state index is -3.09. The summed E-state index contributed by atoms with van der Waals surface area (Å²) in [7, 11) is 0. The SMILES string of the molecule is O=C(Nc1cc(OCC(F)F)cc([N+](=O)[O-])c1)c1ccc(Cn2nc(C(F)F)cc2C(F)F)o1. The molecular weight excluding hydrogens is 478 g/mol. The molecule has 2 heterocycles. The molecule has 34 heavy (non-hydrogen) atoms. The molecule has 1 N–H and O–H groups in total. The zero-order valence-electron chi connectivity index (χ0n) is 16.8. The first-order chi connectivity index (χ1) is 16.0. The van der Waals surface area contributed by atoms with E-state index >= 15 is 0 Å². The molecular formula is C19H14F6N4O5. The van der Waals surface area contributed by atoms with Crippen molar-refractivity contribution in [2.75, 3.05) is 11.9 Å². The summed E-state index contributed by atoms with van der Waals surface area (Å²) in [6, 6.07) is 5.83. The zero-order chi connectivity index (χ0) is 25.0. The first-order valence-electron chi connectivity index (χ1n) is 9.28. The number of hydrogen-bond donors (Lipinski definition) is 1. The number of anilines is 1. The maximum Gasteiger partial charge on any atom is 0.291 e. The average Bonchev–Trinajstić information content (AvgIpc) is 3.40. The van der Waals surface area contributed by atoms with Crippen molar-refractivity contribution in [2.24, 2.45) is 0 Å². The number of alkyl halides is 6. The summed E-state index contributed by atoms with van der Waals surface area (Å²) in [5.74, 6) is -1.64. The molecule has 0 spiro atoms. The van der Waals surface area contributed by atoms with Crippen molar-refractivity contribution in [1.82, 2.24) is 9.78 Å². The lowest BCUT2D eigenvalue weighted by molar-refractivity contribution is -0.384. The summed E-state index contributed by atoms with van der Waals surface area (Å²) in [6.45, 7) is -1.51. The average molecular weight is 492 g/mol. The van der Waals surface area contributed by atoms with Crippen LogP contribution in [0.2, 0.25) is 0 Å². The summed E-state index contributed by atoms with van der Waals surface area (Å²) in [6.07, 6.45) is -9.00. The van der Waals surface area contributed by atoms with E-state index in [0.29, 0.717) is 10.7 Å². The van der Waals surface area contributed by atoms with Crippen molar-refractivity contribution in [3.63, 3.8) is 0 Å². The normalized spacial score (nSPS) is 11.4. The molecule has 0 aliphatic carbocycles. The summed E-state index contributed by atoms with van der Waals surface area (Å²) in [5.41, 5.74) is -2.34. The molecule has 0 saturated carbocycles. The van der Waals surface area contributed by atoms with Gasteiger partial charge in [-0.2, -0.15) is 5.10 Å². The van der Waals surface area contributed by atoms with Gasteiger partial charge in [-0.3, -0.25) is 19.6 Å². The van der Waals surface area contributed by atoms with Gasteiger partial charge in [0, 0.05) is 12.1 Å². The lowest BCUT2D eigenvalue weighted by Gasteiger charge is -2.09. The van der Waals surface area contributed by atoms with E-state index in [1.165, 1.54) is 6.07 Å². The van der Waals surface area contributed by atoms with Crippen molar-refractivity contribution >= 4 is 17.3 Å². The second-order valence-corrected chi connectivity index (χ2v) is 6.65. The quantitative estimate of drug-likeness (QED) is 0.236. The number of carbonyl (C=O) groups excluding carboxylic acids is 1. The van der Waals surface area contributed by atoms with Crippen LogP contribution in [0.15, 0.2) is 40.8 Å². The number of carbonyl (C=O) groups is 1. The highest BCUT2D eigenvalue weighted by atomic mass is 19.3. The van der Waals surface area contributed by atoms with E-state index in [1.807, 2.05) is 0 Å². The summed E-state index contributed by atoms with van der Waals surface area (Å²) < 4.78 is 87.1. The third-order valence-corrected chi connectivity index (χ3v) is 4.20. The molecule has 3 rings (SSSR count). The fourth-order valence-corrected chi connectivity index (χ4v) is 2.79. The van der Waals surface area contributed by atoms with Crippen molar-refractivity contribution in [3.8, 4) is 5.75 Å². The van der Waals surface area contributed by atoms with Crippen LogP contribution in [0.25, 0.3) is 0 Å². The maximum absolute atomic E-state index is 13.1. The molecule has 0 saturated heterocycles. The maximum atomic E-state index is 13.1. The Morgan fingerprint density at radius 3 is 2.47 bits per heavy atom. The van der Waals surface area contributed by atoms with Crippen LogP contribution in [-0.4, -0.2) is 33.6 Å². The number of nitro groups is 1. The van der Waals surface area contributed by atoms with E-state index in [4.69, 9.17) is 9.15 Å². The molecule has 1 aromatic carbocycles. The molecule has 0 unspecified atom stereocenters. The third kappa shape index (κ3) is 6.05. The van der Waals surface area contributed by atoms with E-state index in [9.17, 15) is 41.3 Å². The van der Waals surface area contributed by atoms with Gasteiger partial charge >= 0.3 is 0 Å². The van der Waals surface area contributed by atoms with Gasteiger partial charge in [-0.1, -0.05) is 0 Å². The molecule has 0 fully saturated rings.